The van der Waals surface area contributed by atoms with Gasteiger partial charge in [0, 0.05) is 68.1 Å². The van der Waals surface area contributed by atoms with E-state index in [4.69, 9.17) is 102 Å². The van der Waals surface area contributed by atoms with Crippen LogP contribution in [0.1, 0.15) is 158 Å². The number of phosphoric ester groups is 4. The predicted molar refractivity (Wildman–Crippen MR) is 498 cm³/mol. The minimum absolute atomic E-state index is 0. The quantitative estimate of drug-likeness (QED) is 0.00783. The Bertz CT molecular complexity index is 5880. The number of hydrogen-bond donors (Lipinski definition) is 4. The normalized spacial score (nSPS) is 12.2. The number of halogens is 7. The monoisotopic (exact) mass is 2250 g/mol. The van der Waals surface area contributed by atoms with Crippen molar-refractivity contribution in [3.8, 4) is 68.9 Å². The maximum atomic E-state index is 13.4. The summed E-state index contributed by atoms with van der Waals surface area (Å²) in [7, 11) is -15.9. The van der Waals surface area contributed by atoms with Crippen LogP contribution in [0.2, 0.25) is 0 Å². The number of pyridine rings is 6. The molecule has 9 aromatic heterocycles. The van der Waals surface area contributed by atoms with Crippen molar-refractivity contribution >= 4 is 89.5 Å². The molecule has 0 fully saturated rings. The number of rotatable bonds is 31. The predicted octanol–water partition coefficient (Wildman–Crippen LogP) is 13.4. The Kier molecular flexibility index (Phi) is 49.9. The van der Waals surface area contributed by atoms with Gasteiger partial charge in [-0.15, -0.1) is 12.4 Å². The number of anilines is 2. The first-order chi connectivity index (χ1) is 61.1. The third-order valence-corrected chi connectivity index (χ3v) is 23.1. The van der Waals surface area contributed by atoms with Crippen molar-refractivity contribution < 1.29 is 207 Å². The van der Waals surface area contributed by atoms with Gasteiger partial charge in [0.25, 0.3) is 13.6 Å². The summed E-state index contributed by atoms with van der Waals surface area (Å²) in [6, 6.07) is 50.3. The smallest absolute Gasteiger partial charge is 1.00 e. The van der Waals surface area contributed by atoms with Gasteiger partial charge in [-0.05, 0) is 232 Å². The van der Waals surface area contributed by atoms with Gasteiger partial charge in [-0.1, -0.05) is 104 Å². The van der Waals surface area contributed by atoms with Gasteiger partial charge in [-0.2, -0.15) is 28.1 Å². The van der Waals surface area contributed by atoms with Crippen molar-refractivity contribution in [2.75, 3.05) is 22.1 Å². The summed E-state index contributed by atoms with van der Waals surface area (Å²) >= 11 is 7.35. The van der Waals surface area contributed by atoms with Crippen molar-refractivity contribution in [3.05, 3.63) is 258 Å². The first kappa shape index (κ1) is 123. The molecule has 48 heteroatoms. The van der Waals surface area contributed by atoms with Gasteiger partial charge >= 0.3 is 82.6 Å². The third-order valence-electron chi connectivity index (χ3n) is 15.6. The van der Waals surface area contributed by atoms with Crippen molar-refractivity contribution in [1.29, 1.82) is 5.41 Å². The first-order valence-electron chi connectivity index (χ1n) is 40.1. The summed E-state index contributed by atoms with van der Waals surface area (Å²) in [6.45, 7) is 31.3. The Morgan fingerprint density at radius 2 is 0.809 bits per heavy atom. The van der Waals surface area contributed by atoms with Crippen LogP contribution in [0.4, 0.5) is 24.8 Å². The van der Waals surface area contributed by atoms with Crippen molar-refractivity contribution in [2.45, 2.75) is 191 Å². The molecule has 1 unspecified atom stereocenters. The summed E-state index contributed by atoms with van der Waals surface area (Å²) in [4.78, 5) is 34.7. The fraction of sp³-hybridized carbons (Fsp3) is 0.352. The number of phosphoric acid groups is 4. The molecule has 0 aliphatic carbocycles. The fourth-order valence-corrected chi connectivity index (χ4v) is 17.5. The minimum Gasteiger partial charge on any atom is -1.00 e. The molecule has 12 rings (SSSR count). The molecule has 0 spiro atoms. The topological polar surface area (TPSA) is 476 Å². The number of hydrogen-bond acceptors (Lipinski definition) is 32. The second-order valence-electron chi connectivity index (χ2n) is 34.2. The molecule has 730 valence electrons. The Morgan fingerprint density at radius 1 is 0.478 bits per heavy atom. The van der Waals surface area contributed by atoms with Crippen molar-refractivity contribution in [3.63, 3.8) is 0 Å². The molecular formula is C88H109Cl2F3I2N12Na2O23P4. The zero-order valence-electron chi connectivity index (χ0n) is 78.6. The minimum atomic E-state index is -4.89. The maximum Gasteiger partial charge on any atom is 1.00 e. The second-order valence-corrected chi connectivity index (χ2v) is 40.8. The van der Waals surface area contributed by atoms with Gasteiger partial charge in [0.05, 0.1) is 68.0 Å². The van der Waals surface area contributed by atoms with E-state index in [1.807, 2.05) is 113 Å². The van der Waals surface area contributed by atoms with E-state index in [2.05, 4.69) is 39.9 Å². The van der Waals surface area contributed by atoms with Crippen LogP contribution in [0.25, 0.3) is 34.0 Å². The SMILES string of the molecule is CC(C)(C)OP(=O)(OCCl)OC(C)(C)C.CC(C)(C)OP(=O)(OCI)OC(C)(C)C.CC(C)(C)OP(=O)(OCn1cccc(-c2cc(Cc3ccc(Oc4cccc(F)n4)cc3)no2)c1=N)OC(C)(C)C.Cl.Nc1c(-c2cc(Cc3ccc(Oc4cccc(F)n4)cc3)no2)ccc[n+]1COP(=O)([O-])O.Nc1ncccc1-c1cc(Cc2ccc(Oc3cccc(F)n3)cc2)no1.[I-].[Na+].[Na+].[OH-]. The van der Waals surface area contributed by atoms with E-state index in [-0.39, 0.29) is 147 Å². The largest absolute Gasteiger partial charge is 1.00 e. The number of nitrogens with one attached hydrogen (secondary N) is 1. The second kappa shape index (κ2) is 55.0. The Hall–Kier alpha value is -6.78. The maximum absolute atomic E-state index is 13.4. The van der Waals surface area contributed by atoms with Crippen molar-refractivity contribution in [1.82, 2.24) is 40.0 Å². The third kappa shape index (κ3) is 45.4. The van der Waals surface area contributed by atoms with E-state index in [1.54, 1.807) is 199 Å². The molecule has 0 aliphatic heterocycles. The van der Waals surface area contributed by atoms with E-state index in [1.165, 1.54) is 45.7 Å². The van der Waals surface area contributed by atoms with E-state index < -0.39 is 89.5 Å². The molecule has 12 aromatic rings. The average Bonchev–Trinajstić information content (AvgIpc) is 1.32. The number of nitrogens with zero attached hydrogens (tertiary/aromatic N) is 9. The van der Waals surface area contributed by atoms with Crippen LogP contribution in [-0.4, -0.2) is 94.6 Å². The van der Waals surface area contributed by atoms with E-state index in [0.717, 1.165) is 22.4 Å². The number of alkyl halides is 2. The fourth-order valence-electron chi connectivity index (χ4n) is 10.9. The molecule has 136 heavy (non-hydrogen) atoms. The molecule has 9 heterocycles. The summed E-state index contributed by atoms with van der Waals surface area (Å²) in [5, 5.41) is 21.0. The molecule has 7 N–H and O–H groups in total. The van der Waals surface area contributed by atoms with Crippen LogP contribution in [0, 0.1) is 23.3 Å². The van der Waals surface area contributed by atoms with Crippen LogP contribution in [-0.2, 0) is 96.2 Å². The van der Waals surface area contributed by atoms with E-state index >= 15 is 0 Å². The number of benzene rings is 3. The van der Waals surface area contributed by atoms with Crippen LogP contribution in [0.15, 0.2) is 214 Å². The number of ether oxygens (including phenoxy) is 3. The zero-order valence-corrected chi connectivity index (χ0v) is 92.1. The summed E-state index contributed by atoms with van der Waals surface area (Å²) in [5.74, 6) is 2.23. The summed E-state index contributed by atoms with van der Waals surface area (Å²) < 4.78 is 177. The van der Waals surface area contributed by atoms with Gasteiger partial charge in [0.1, 0.15) is 51.5 Å². The number of nitrogens with two attached hydrogens (primary N) is 2. The van der Waals surface area contributed by atoms with Gasteiger partial charge in [0.2, 0.25) is 35.5 Å². The Morgan fingerprint density at radius 3 is 1.14 bits per heavy atom. The summed E-state index contributed by atoms with van der Waals surface area (Å²) in [6.07, 6.45) is 6.27. The molecule has 35 nitrogen and oxygen atoms in total. The number of nitrogen functional groups attached to an aromatic ring is 2. The average molecular weight is 2250 g/mol. The van der Waals surface area contributed by atoms with Gasteiger partial charge in [-0.25, -0.2) is 23.2 Å². The molecule has 0 radical (unpaired) electrons. The van der Waals surface area contributed by atoms with Crippen LogP contribution in [0.5, 0.6) is 34.9 Å². The van der Waals surface area contributed by atoms with Gasteiger partial charge in [-0.3, -0.25) is 60.9 Å². The standard InChI is InChI=1S/C29H34FN4O6P.C21H18FN4O6P.C20H15FN4O2.C9H20ClO4P.C9H20IO4P.ClH.HI.2Na.H2O/c1-28(2,3)39-41(35,40-29(4,5)6)36-19-34-16-8-9-23(27(34)31)24-18-21(33-38-24)17-20-12-14-22(15-13-20)37-26-11-7-10-25(30)32-26;22-19-4-1-5-20(24-19)31-16-8-6-14(7-9-16)11-15-12-18(32-25-15)17-3-2-10-26(21(17)23)13-30-33(27,28)29;21-18-4-1-5-19(24-18)26-15-8-6-13(7-9-15)11-14-12-17(27-25-14)16-3-2-10-23-20(16)22;2*1-8(2,3)13-15(11,12-7-10)14-9(4,5)6;;;;;/h7-16,18,31H,17,19H2,1-6H3;1-10,12,23H,11,13H2,(H2,27,28,29);1-10,12H,11H2,(H2,22,23);2*7H2,1-6H3;2*1H;;;1H2/q;;;;;;;2*+1;/p-2. The van der Waals surface area contributed by atoms with E-state index in [9.17, 15) is 36.3 Å². The Labute approximate surface area is 873 Å². The number of aromatic nitrogens is 9. The van der Waals surface area contributed by atoms with Crippen LogP contribution < -0.4 is 124 Å². The molecule has 0 bridgehead atoms. The van der Waals surface area contributed by atoms with E-state index in [0.29, 0.717) is 87.7 Å². The molecule has 0 saturated carbocycles. The first-order valence-corrected chi connectivity index (χ1v) is 48.1. The molecule has 1 atom stereocenters. The van der Waals surface area contributed by atoms with Gasteiger partial charge in [0.15, 0.2) is 24.0 Å². The van der Waals surface area contributed by atoms with Crippen molar-refractivity contribution in [2.24, 2.45) is 0 Å². The zero-order chi connectivity index (χ0) is 96.6. The molecule has 0 amide bonds. The van der Waals surface area contributed by atoms with Crippen LogP contribution in [0.3, 0.4) is 0 Å². The molecule has 3 aromatic carbocycles. The summed E-state index contributed by atoms with van der Waals surface area (Å²) in [5.41, 5.74) is 14.7. The Balaban J connectivity index is 0.000000455. The molecule has 0 saturated heterocycles. The molecule has 0 aliphatic rings. The molecular weight excluding hydrogens is 2140 g/mol. The van der Waals surface area contributed by atoms with Gasteiger partial charge < -0.3 is 77.3 Å². The van der Waals surface area contributed by atoms with Crippen LogP contribution >= 0.6 is 77.9 Å².